The van der Waals surface area contributed by atoms with Crippen LogP contribution < -0.4 is 11.1 Å². The van der Waals surface area contributed by atoms with Crippen molar-refractivity contribution in [2.24, 2.45) is 5.73 Å². The van der Waals surface area contributed by atoms with E-state index >= 15 is 0 Å². The first kappa shape index (κ1) is 22.7. The first-order valence-corrected chi connectivity index (χ1v) is 2.62. The normalized spacial score (nSPS) is 5.33. The third-order valence-electron chi connectivity index (χ3n) is 0.289. The zero-order chi connectivity index (χ0) is 6.12. The number of halogens is 2. The Balaban J connectivity index is -0.0000000233. The smallest absolute Gasteiger partial charge is 0.00799 e. The van der Waals surface area contributed by atoms with E-state index in [2.05, 4.69) is 12.2 Å². The molecule has 0 saturated carbocycles. The SMILES string of the molecule is CCCN.CNC.Cl.Cl. The molecule has 0 atom stereocenters. The molecule has 0 aromatic heterocycles. The van der Waals surface area contributed by atoms with Crippen molar-refractivity contribution in [2.75, 3.05) is 20.6 Å². The Kier molecular flexibility index (Phi) is 98.4. The maximum absolute atomic E-state index is 5.03. The van der Waals surface area contributed by atoms with E-state index < -0.39 is 0 Å². The molecule has 4 heteroatoms. The van der Waals surface area contributed by atoms with Crippen LogP contribution in [0.1, 0.15) is 13.3 Å². The van der Waals surface area contributed by atoms with Crippen LogP contribution in [0.2, 0.25) is 0 Å². The molecular weight excluding hydrogens is 159 g/mol. The highest BCUT2D eigenvalue weighted by molar-refractivity contribution is 5.85. The summed E-state index contributed by atoms with van der Waals surface area (Å²) >= 11 is 0. The van der Waals surface area contributed by atoms with Gasteiger partial charge >= 0.3 is 0 Å². The lowest BCUT2D eigenvalue weighted by Gasteiger charge is -1.70. The molecule has 0 bridgehead atoms. The van der Waals surface area contributed by atoms with Gasteiger partial charge in [0.1, 0.15) is 0 Å². The van der Waals surface area contributed by atoms with Crippen LogP contribution in [0.4, 0.5) is 0 Å². The molecule has 0 saturated heterocycles. The molecule has 62 valence electrons. The van der Waals surface area contributed by atoms with Crippen molar-refractivity contribution in [3.05, 3.63) is 0 Å². The van der Waals surface area contributed by atoms with Crippen LogP contribution in [0.25, 0.3) is 0 Å². The molecule has 0 aromatic carbocycles. The maximum Gasteiger partial charge on any atom is -0.00799 e. The first-order valence-electron chi connectivity index (χ1n) is 2.62. The summed E-state index contributed by atoms with van der Waals surface area (Å²) in [5.74, 6) is 0. The van der Waals surface area contributed by atoms with E-state index in [0.29, 0.717) is 0 Å². The number of nitrogens with two attached hydrogens (primary N) is 1. The second kappa shape index (κ2) is 39.0. The fourth-order valence-electron chi connectivity index (χ4n) is 0. The summed E-state index contributed by atoms with van der Waals surface area (Å²) in [6.45, 7) is 2.88. The van der Waals surface area contributed by atoms with Crippen LogP contribution in [0.5, 0.6) is 0 Å². The van der Waals surface area contributed by atoms with E-state index in [1.165, 1.54) is 0 Å². The molecule has 0 amide bonds. The summed E-state index contributed by atoms with van der Waals surface area (Å²) in [5, 5.41) is 2.75. The van der Waals surface area contributed by atoms with Crippen molar-refractivity contribution in [1.82, 2.24) is 5.32 Å². The van der Waals surface area contributed by atoms with Crippen molar-refractivity contribution in [2.45, 2.75) is 13.3 Å². The lowest BCUT2D eigenvalue weighted by Crippen LogP contribution is -1.93. The van der Waals surface area contributed by atoms with Gasteiger partial charge < -0.3 is 11.1 Å². The van der Waals surface area contributed by atoms with Crippen molar-refractivity contribution < 1.29 is 0 Å². The standard InChI is InChI=1S/C3H9N.C2H7N.2ClH/c1-2-3-4;1-3-2;;/h2-4H2,1H3;3H,1-2H3;2*1H. The van der Waals surface area contributed by atoms with Crippen molar-refractivity contribution in [3.8, 4) is 0 Å². The molecule has 0 aromatic rings. The molecule has 0 aliphatic rings. The Morgan fingerprint density at radius 3 is 1.33 bits per heavy atom. The maximum atomic E-state index is 5.03. The highest BCUT2D eigenvalue weighted by atomic mass is 35.5. The minimum Gasteiger partial charge on any atom is -0.330 e. The van der Waals surface area contributed by atoms with E-state index in [4.69, 9.17) is 5.73 Å². The van der Waals surface area contributed by atoms with E-state index in [-0.39, 0.29) is 24.8 Å². The monoisotopic (exact) mass is 176 g/mol. The molecule has 0 spiro atoms. The van der Waals surface area contributed by atoms with Crippen LogP contribution in [-0.4, -0.2) is 20.6 Å². The third kappa shape index (κ3) is 160. The number of hydrogen-bond donors (Lipinski definition) is 2. The molecule has 0 fully saturated rings. The minimum absolute atomic E-state index is 0. The Morgan fingerprint density at radius 2 is 1.33 bits per heavy atom. The third-order valence-corrected chi connectivity index (χ3v) is 0.289. The van der Waals surface area contributed by atoms with Crippen molar-refractivity contribution >= 4 is 24.8 Å². The fraction of sp³-hybridized carbons (Fsp3) is 1.00. The summed E-state index contributed by atoms with van der Waals surface area (Å²) < 4.78 is 0. The molecule has 0 radical (unpaired) electrons. The Bertz CT molecular complexity index is 20.4. The minimum atomic E-state index is 0. The zero-order valence-electron chi connectivity index (χ0n) is 6.31. The van der Waals surface area contributed by atoms with E-state index in [9.17, 15) is 0 Å². The van der Waals surface area contributed by atoms with Crippen LogP contribution in [0.3, 0.4) is 0 Å². The van der Waals surface area contributed by atoms with E-state index in [0.717, 1.165) is 13.0 Å². The van der Waals surface area contributed by atoms with Crippen LogP contribution in [0.15, 0.2) is 0 Å². The summed E-state index contributed by atoms with van der Waals surface area (Å²) in [4.78, 5) is 0. The Labute approximate surface area is 70.4 Å². The number of nitrogens with one attached hydrogen (secondary N) is 1. The molecule has 0 aliphatic carbocycles. The number of hydrogen-bond acceptors (Lipinski definition) is 2. The second-order valence-electron chi connectivity index (χ2n) is 1.29. The molecule has 0 heterocycles. The quantitative estimate of drug-likeness (QED) is 0.627. The van der Waals surface area contributed by atoms with Crippen molar-refractivity contribution in [3.63, 3.8) is 0 Å². The highest BCUT2D eigenvalue weighted by Gasteiger charge is 1.55. The Hall–Kier alpha value is 0.500. The second-order valence-corrected chi connectivity index (χ2v) is 1.29. The molecule has 0 rings (SSSR count). The van der Waals surface area contributed by atoms with Crippen molar-refractivity contribution in [1.29, 1.82) is 0 Å². The van der Waals surface area contributed by atoms with Gasteiger partial charge in [-0.2, -0.15) is 0 Å². The van der Waals surface area contributed by atoms with Gasteiger partial charge in [0.15, 0.2) is 0 Å². The van der Waals surface area contributed by atoms with E-state index in [1.54, 1.807) is 0 Å². The summed E-state index contributed by atoms with van der Waals surface area (Å²) in [5.41, 5.74) is 5.03. The van der Waals surface area contributed by atoms with Gasteiger partial charge in [-0.1, -0.05) is 6.92 Å². The van der Waals surface area contributed by atoms with Crippen LogP contribution in [-0.2, 0) is 0 Å². The molecule has 2 nitrogen and oxygen atoms in total. The first-order chi connectivity index (χ1) is 3.33. The molecule has 9 heavy (non-hydrogen) atoms. The molecule has 0 aliphatic heterocycles. The average Bonchev–Trinajstić information content (AvgIpc) is 1.69. The topological polar surface area (TPSA) is 38.0 Å². The largest absolute Gasteiger partial charge is 0.330 e. The van der Waals surface area contributed by atoms with E-state index in [1.807, 2.05) is 14.1 Å². The zero-order valence-corrected chi connectivity index (χ0v) is 7.94. The van der Waals surface area contributed by atoms with Gasteiger partial charge in [-0.15, -0.1) is 24.8 Å². The molecular formula is C5H18Cl2N2. The molecule has 3 N–H and O–H groups in total. The van der Waals surface area contributed by atoms with Crippen LogP contribution >= 0.6 is 24.8 Å². The van der Waals surface area contributed by atoms with Gasteiger partial charge in [-0.05, 0) is 27.1 Å². The summed E-state index contributed by atoms with van der Waals surface area (Å²) in [6.07, 6.45) is 1.10. The van der Waals surface area contributed by atoms with Gasteiger partial charge in [0.05, 0.1) is 0 Å². The predicted octanol–water partition coefficient (Wildman–Crippen LogP) is 1.03. The summed E-state index contributed by atoms with van der Waals surface area (Å²) in [7, 11) is 3.75. The van der Waals surface area contributed by atoms with Crippen LogP contribution in [0, 0.1) is 0 Å². The van der Waals surface area contributed by atoms with Gasteiger partial charge in [-0.25, -0.2) is 0 Å². The average molecular weight is 177 g/mol. The predicted molar refractivity (Wildman–Crippen MR) is 48.8 cm³/mol. The van der Waals surface area contributed by atoms with Gasteiger partial charge in [-0.3, -0.25) is 0 Å². The van der Waals surface area contributed by atoms with Gasteiger partial charge in [0, 0.05) is 0 Å². The van der Waals surface area contributed by atoms with Gasteiger partial charge in [0.2, 0.25) is 0 Å². The molecule has 0 unspecified atom stereocenters. The number of rotatable bonds is 1. The summed E-state index contributed by atoms with van der Waals surface area (Å²) in [6, 6.07) is 0. The fourth-order valence-corrected chi connectivity index (χ4v) is 0. The lowest BCUT2D eigenvalue weighted by atomic mass is 10.5. The Morgan fingerprint density at radius 1 is 1.22 bits per heavy atom. The highest BCUT2D eigenvalue weighted by Crippen LogP contribution is 1.57. The van der Waals surface area contributed by atoms with Gasteiger partial charge in [0.25, 0.3) is 0 Å². The lowest BCUT2D eigenvalue weighted by molar-refractivity contribution is 0.932.